The lowest BCUT2D eigenvalue weighted by Gasteiger charge is -2.12. The molecule has 10 heteroatoms. The highest BCUT2D eigenvalue weighted by Gasteiger charge is 2.35. The van der Waals surface area contributed by atoms with E-state index >= 15 is 0 Å². The van der Waals surface area contributed by atoms with Gasteiger partial charge in [-0.25, -0.2) is 4.39 Å². The van der Waals surface area contributed by atoms with E-state index in [9.17, 15) is 24.1 Å². The first-order valence-electron chi connectivity index (χ1n) is 10.4. The quantitative estimate of drug-likeness (QED) is 0.230. The van der Waals surface area contributed by atoms with E-state index in [1.807, 2.05) is 0 Å². The predicted octanol–water partition coefficient (Wildman–Crippen LogP) is 5.56. The molecule has 0 aliphatic carbocycles. The summed E-state index contributed by atoms with van der Waals surface area (Å²) >= 11 is 0.807. The van der Waals surface area contributed by atoms with Crippen molar-refractivity contribution in [2.75, 3.05) is 7.11 Å². The van der Waals surface area contributed by atoms with Crippen LogP contribution in [0.3, 0.4) is 0 Å². The van der Waals surface area contributed by atoms with E-state index in [2.05, 4.69) is 0 Å². The van der Waals surface area contributed by atoms with Gasteiger partial charge in [0.05, 0.1) is 23.5 Å². The maximum atomic E-state index is 13.8. The minimum atomic E-state index is -0.517. The number of halogens is 1. The highest BCUT2D eigenvalue weighted by atomic mass is 32.2. The van der Waals surface area contributed by atoms with Crippen LogP contribution in [0.5, 0.6) is 11.5 Å². The van der Waals surface area contributed by atoms with E-state index in [1.54, 1.807) is 42.5 Å². The third-order valence-electron chi connectivity index (χ3n) is 5.19. The maximum Gasteiger partial charge on any atom is 0.293 e. The molecule has 35 heavy (non-hydrogen) atoms. The van der Waals surface area contributed by atoms with Crippen molar-refractivity contribution >= 4 is 34.7 Å². The van der Waals surface area contributed by atoms with Gasteiger partial charge < -0.3 is 9.47 Å². The van der Waals surface area contributed by atoms with Crippen LogP contribution in [0.25, 0.3) is 6.08 Å². The fourth-order valence-corrected chi connectivity index (χ4v) is 4.20. The largest absolute Gasteiger partial charge is 0.493 e. The van der Waals surface area contributed by atoms with Gasteiger partial charge in [0.25, 0.3) is 16.8 Å². The molecule has 1 fully saturated rings. The summed E-state index contributed by atoms with van der Waals surface area (Å²) in [4.78, 5) is 36.9. The Kier molecular flexibility index (Phi) is 7.11. The Labute approximate surface area is 204 Å². The van der Waals surface area contributed by atoms with Crippen LogP contribution in [0, 0.1) is 15.9 Å². The number of hydrogen-bond acceptors (Lipinski definition) is 7. The van der Waals surface area contributed by atoms with E-state index in [4.69, 9.17) is 9.47 Å². The standard InChI is InChI=1S/C25H19FN2O6S/c1-33-22-12-17(8-11-21(22)34-15-18-4-2-3-5-20(18)26)13-23-24(29)27(25(30)35-23)14-16-6-9-19(10-7-16)28(31)32/h2-13H,14-15H2,1H3/b23-13-. The van der Waals surface area contributed by atoms with Gasteiger partial charge >= 0.3 is 0 Å². The van der Waals surface area contributed by atoms with E-state index in [1.165, 1.54) is 37.4 Å². The van der Waals surface area contributed by atoms with E-state index < -0.39 is 16.1 Å². The summed E-state index contributed by atoms with van der Waals surface area (Å²) in [5, 5.41) is 10.4. The number of amides is 2. The van der Waals surface area contributed by atoms with Crippen LogP contribution >= 0.6 is 11.8 Å². The summed E-state index contributed by atoms with van der Waals surface area (Å²) in [5.74, 6) is -0.0379. The number of imide groups is 1. The molecule has 8 nitrogen and oxygen atoms in total. The van der Waals surface area contributed by atoms with E-state index in [0.717, 1.165) is 16.7 Å². The number of nitrogens with zero attached hydrogens (tertiary/aromatic N) is 2. The number of hydrogen-bond donors (Lipinski definition) is 0. The number of carbonyl (C=O) groups excluding carboxylic acids is 2. The molecule has 0 saturated carbocycles. The Morgan fingerprint density at radius 1 is 1.06 bits per heavy atom. The molecule has 0 bridgehead atoms. The number of methoxy groups -OCH3 is 1. The van der Waals surface area contributed by atoms with Crippen LogP contribution < -0.4 is 9.47 Å². The second-order valence-electron chi connectivity index (χ2n) is 7.48. The first-order valence-corrected chi connectivity index (χ1v) is 11.2. The number of non-ortho nitro benzene ring substituents is 1. The first-order chi connectivity index (χ1) is 16.9. The Morgan fingerprint density at radius 3 is 2.49 bits per heavy atom. The number of rotatable bonds is 8. The zero-order valence-corrected chi connectivity index (χ0v) is 19.3. The van der Waals surface area contributed by atoms with Crippen molar-refractivity contribution in [3.8, 4) is 11.5 Å². The highest BCUT2D eigenvalue weighted by Crippen LogP contribution is 2.35. The third-order valence-corrected chi connectivity index (χ3v) is 6.10. The van der Waals surface area contributed by atoms with Crippen LogP contribution in [-0.4, -0.2) is 28.1 Å². The van der Waals surface area contributed by atoms with Crippen LogP contribution in [0.1, 0.15) is 16.7 Å². The SMILES string of the molecule is COc1cc(/C=C2\SC(=O)N(Cc3ccc([N+](=O)[O-])cc3)C2=O)ccc1OCc1ccccc1F. The van der Waals surface area contributed by atoms with Gasteiger partial charge in [-0.3, -0.25) is 24.6 Å². The second kappa shape index (κ2) is 10.4. The molecule has 2 amide bonds. The first kappa shape index (κ1) is 24.0. The van der Waals surface area contributed by atoms with E-state index in [-0.39, 0.29) is 29.6 Å². The van der Waals surface area contributed by atoms with Gasteiger partial charge in [0.15, 0.2) is 11.5 Å². The van der Waals surface area contributed by atoms with Gasteiger partial charge in [-0.05, 0) is 47.2 Å². The number of nitro groups is 1. The number of carbonyl (C=O) groups is 2. The molecule has 4 rings (SSSR count). The van der Waals surface area contributed by atoms with Crippen LogP contribution in [0.2, 0.25) is 0 Å². The van der Waals surface area contributed by atoms with Crippen molar-refractivity contribution in [3.05, 3.63) is 104 Å². The fourth-order valence-electron chi connectivity index (χ4n) is 3.36. The monoisotopic (exact) mass is 494 g/mol. The fraction of sp³-hybridized carbons (Fsp3) is 0.120. The molecule has 1 aliphatic rings. The van der Waals surface area contributed by atoms with Crippen molar-refractivity contribution in [1.29, 1.82) is 0 Å². The Morgan fingerprint density at radius 2 is 1.80 bits per heavy atom. The molecule has 3 aromatic carbocycles. The molecule has 0 radical (unpaired) electrons. The second-order valence-corrected chi connectivity index (χ2v) is 8.47. The maximum absolute atomic E-state index is 13.8. The van der Waals surface area contributed by atoms with Crippen LogP contribution in [0.4, 0.5) is 14.9 Å². The lowest BCUT2D eigenvalue weighted by Crippen LogP contribution is -2.27. The van der Waals surface area contributed by atoms with Gasteiger partial charge in [-0.1, -0.05) is 36.4 Å². The van der Waals surface area contributed by atoms with Crippen molar-refractivity contribution in [2.45, 2.75) is 13.2 Å². The van der Waals surface area contributed by atoms with Gasteiger partial charge in [0.1, 0.15) is 12.4 Å². The van der Waals surface area contributed by atoms with Crippen molar-refractivity contribution in [1.82, 2.24) is 4.90 Å². The molecule has 0 N–H and O–H groups in total. The summed E-state index contributed by atoms with van der Waals surface area (Å²) in [7, 11) is 1.47. The summed E-state index contributed by atoms with van der Waals surface area (Å²) in [6.45, 7) is 0.0239. The highest BCUT2D eigenvalue weighted by molar-refractivity contribution is 8.18. The normalized spacial score (nSPS) is 14.5. The number of thioether (sulfide) groups is 1. The molecule has 0 atom stereocenters. The van der Waals surface area contributed by atoms with Crippen LogP contribution in [-0.2, 0) is 17.9 Å². The van der Waals surface area contributed by atoms with E-state index in [0.29, 0.717) is 28.2 Å². The summed E-state index contributed by atoms with van der Waals surface area (Å²) < 4.78 is 24.9. The average molecular weight is 495 g/mol. The minimum absolute atomic E-state index is 0.00610. The molecule has 0 aromatic heterocycles. The van der Waals surface area contributed by atoms with Crippen molar-refractivity contribution in [2.24, 2.45) is 0 Å². The molecular weight excluding hydrogens is 475 g/mol. The molecule has 0 spiro atoms. The Bertz CT molecular complexity index is 1330. The number of nitro benzene ring substituents is 1. The molecule has 178 valence electrons. The van der Waals surface area contributed by atoms with Gasteiger partial charge in [-0.2, -0.15) is 0 Å². The van der Waals surface area contributed by atoms with Crippen molar-refractivity contribution < 1.29 is 28.4 Å². The summed E-state index contributed by atoms with van der Waals surface area (Å²) in [6, 6.07) is 17.0. The van der Waals surface area contributed by atoms with Gasteiger partial charge in [-0.15, -0.1) is 0 Å². The molecular formula is C25H19FN2O6S. The zero-order valence-electron chi connectivity index (χ0n) is 18.5. The third kappa shape index (κ3) is 5.49. The average Bonchev–Trinajstić information content (AvgIpc) is 3.11. The van der Waals surface area contributed by atoms with Crippen LogP contribution in [0.15, 0.2) is 71.6 Å². The molecule has 3 aromatic rings. The van der Waals surface area contributed by atoms with Gasteiger partial charge in [0.2, 0.25) is 0 Å². The molecule has 1 aliphatic heterocycles. The Hall–Kier alpha value is -4.18. The number of ether oxygens (including phenoxy) is 2. The number of benzene rings is 3. The van der Waals surface area contributed by atoms with Crippen molar-refractivity contribution in [3.63, 3.8) is 0 Å². The molecule has 1 saturated heterocycles. The Balaban J connectivity index is 1.47. The molecule has 1 heterocycles. The minimum Gasteiger partial charge on any atom is -0.493 e. The lowest BCUT2D eigenvalue weighted by molar-refractivity contribution is -0.384. The lowest BCUT2D eigenvalue weighted by atomic mass is 10.1. The molecule has 0 unspecified atom stereocenters. The predicted molar refractivity (Wildman–Crippen MR) is 128 cm³/mol. The summed E-state index contributed by atoms with van der Waals surface area (Å²) in [6.07, 6.45) is 1.57. The van der Waals surface area contributed by atoms with Gasteiger partial charge in [0, 0.05) is 17.7 Å². The topological polar surface area (TPSA) is 99.0 Å². The smallest absolute Gasteiger partial charge is 0.293 e. The zero-order chi connectivity index (χ0) is 24.9. The summed E-state index contributed by atoms with van der Waals surface area (Å²) in [5.41, 5.74) is 1.54.